The fourth-order valence-electron chi connectivity index (χ4n) is 4.36. The van der Waals surface area contributed by atoms with Gasteiger partial charge < -0.3 is 10.6 Å². The lowest BCUT2D eigenvalue weighted by atomic mass is 10.0. The fraction of sp³-hybridized carbons (Fsp3) is 0.133. The molecule has 0 radical (unpaired) electrons. The summed E-state index contributed by atoms with van der Waals surface area (Å²) in [6.45, 7) is 3.36. The zero-order valence-electron chi connectivity index (χ0n) is 23.9. The highest BCUT2D eigenvalue weighted by molar-refractivity contribution is 7.99. The minimum absolute atomic E-state index is 0.155. The number of hydrogen-bond acceptors (Lipinski definition) is 7. The number of hydrogen-bond donors (Lipinski definition) is 2. The lowest BCUT2D eigenvalue weighted by Gasteiger charge is -2.15. The quantitative estimate of drug-likeness (QED) is 0.108. The van der Waals surface area contributed by atoms with E-state index in [9.17, 15) is 56.2 Å². The van der Waals surface area contributed by atoms with Crippen LogP contribution >= 0.6 is 11.8 Å². The van der Waals surface area contributed by atoms with E-state index in [0.717, 1.165) is 24.3 Å². The number of alkyl halides is 6. The van der Waals surface area contributed by atoms with Gasteiger partial charge in [-0.3, -0.25) is 29.8 Å². The third kappa shape index (κ3) is 8.04. The second-order valence-corrected chi connectivity index (χ2v) is 11.0. The number of benzene rings is 4. The van der Waals surface area contributed by atoms with Crippen LogP contribution in [0.3, 0.4) is 0 Å². The lowest BCUT2D eigenvalue weighted by molar-refractivity contribution is -0.385. The fourth-order valence-corrected chi connectivity index (χ4v) is 5.30. The molecule has 0 aliphatic rings. The molecule has 4 aromatic carbocycles. The van der Waals surface area contributed by atoms with Crippen molar-refractivity contribution in [2.75, 3.05) is 10.6 Å². The van der Waals surface area contributed by atoms with Gasteiger partial charge in [0.1, 0.15) is 0 Å². The third-order valence-electron chi connectivity index (χ3n) is 6.61. The number of carbonyl (C=O) groups excluding carboxylic acids is 2. The van der Waals surface area contributed by atoms with E-state index >= 15 is 0 Å². The largest absolute Gasteiger partial charge is 0.417 e. The maximum Gasteiger partial charge on any atom is 0.417 e. The van der Waals surface area contributed by atoms with Crippen LogP contribution in [0.4, 0.5) is 49.1 Å². The van der Waals surface area contributed by atoms with Crippen LogP contribution < -0.4 is 10.6 Å². The van der Waals surface area contributed by atoms with Crippen LogP contribution in [-0.4, -0.2) is 21.7 Å². The van der Waals surface area contributed by atoms with Gasteiger partial charge in [0.25, 0.3) is 23.2 Å². The number of nitro groups is 2. The van der Waals surface area contributed by atoms with Gasteiger partial charge in [-0.1, -0.05) is 11.8 Å². The summed E-state index contributed by atoms with van der Waals surface area (Å²) in [6, 6.07) is 12.7. The predicted molar refractivity (Wildman–Crippen MR) is 159 cm³/mol. The first-order valence-electron chi connectivity index (χ1n) is 13.1. The molecular weight excluding hydrogens is 658 g/mol. The Labute approximate surface area is 265 Å². The molecular formula is C30H20F6N4O6S. The molecule has 0 saturated carbocycles. The Morgan fingerprint density at radius 1 is 0.617 bits per heavy atom. The highest BCUT2D eigenvalue weighted by Gasteiger charge is 2.38. The average molecular weight is 679 g/mol. The zero-order valence-corrected chi connectivity index (χ0v) is 24.8. The standard InChI is InChI=1S/C30H20F6N4O6S/c1-15-11-17(37-27(41)21-7-5-19(39(43)44)13-23(21)29(31,32)33)3-9-25(15)47-26-10-4-18(12-16(26)2)38-28(42)22-8-6-20(40(45)46)14-24(22)30(34,35)36/h3-14H,1-2H3,(H,37,41)(H,38,42). The normalized spacial score (nSPS) is 11.6. The maximum absolute atomic E-state index is 13.5. The summed E-state index contributed by atoms with van der Waals surface area (Å²) in [5, 5.41) is 26.6. The number of aryl methyl sites for hydroxylation is 2. The lowest BCUT2D eigenvalue weighted by Crippen LogP contribution is -2.19. The predicted octanol–water partition coefficient (Wildman–Crippen LogP) is 8.81. The number of nitrogens with zero attached hydrogens (tertiary/aromatic N) is 2. The molecule has 0 aliphatic heterocycles. The minimum Gasteiger partial charge on any atom is -0.322 e. The first kappa shape index (κ1) is 34.4. The van der Waals surface area contributed by atoms with E-state index in [0.29, 0.717) is 20.9 Å². The Bertz CT molecular complexity index is 1790. The summed E-state index contributed by atoms with van der Waals surface area (Å²) in [5.74, 6) is -2.26. The second kappa shape index (κ2) is 13.1. The van der Waals surface area contributed by atoms with E-state index in [1.165, 1.54) is 36.0 Å². The van der Waals surface area contributed by atoms with Crippen molar-refractivity contribution in [2.45, 2.75) is 36.0 Å². The Morgan fingerprint density at radius 3 is 1.28 bits per heavy atom. The first-order chi connectivity index (χ1) is 21.8. The van der Waals surface area contributed by atoms with Crippen molar-refractivity contribution < 1.29 is 45.8 Å². The van der Waals surface area contributed by atoms with Crippen molar-refractivity contribution in [3.05, 3.63) is 126 Å². The van der Waals surface area contributed by atoms with Crippen LogP contribution in [0.15, 0.2) is 82.6 Å². The Balaban J connectivity index is 1.49. The zero-order chi connectivity index (χ0) is 34.8. The highest BCUT2D eigenvalue weighted by Crippen LogP contribution is 2.38. The van der Waals surface area contributed by atoms with Gasteiger partial charge in [0.05, 0.1) is 32.1 Å². The molecule has 2 amide bonds. The molecule has 0 heterocycles. The van der Waals surface area contributed by atoms with Crippen LogP contribution in [0.2, 0.25) is 0 Å². The van der Waals surface area contributed by atoms with E-state index in [1.54, 1.807) is 26.0 Å². The molecule has 0 unspecified atom stereocenters. The van der Waals surface area contributed by atoms with E-state index in [4.69, 9.17) is 0 Å². The topological polar surface area (TPSA) is 144 Å². The molecule has 4 rings (SSSR count). The summed E-state index contributed by atoms with van der Waals surface area (Å²) in [4.78, 5) is 46.6. The molecule has 10 nitrogen and oxygen atoms in total. The van der Waals surface area contributed by atoms with E-state index < -0.39 is 67.6 Å². The third-order valence-corrected chi connectivity index (χ3v) is 7.97. The van der Waals surface area contributed by atoms with Crippen LogP contribution in [0.1, 0.15) is 43.0 Å². The van der Waals surface area contributed by atoms with Crippen LogP contribution in [0, 0.1) is 34.1 Å². The molecule has 0 spiro atoms. The van der Waals surface area contributed by atoms with Gasteiger partial charge in [0, 0.05) is 45.4 Å². The average Bonchev–Trinajstić information content (AvgIpc) is 2.98. The van der Waals surface area contributed by atoms with Gasteiger partial charge >= 0.3 is 12.4 Å². The Morgan fingerprint density at radius 2 is 0.979 bits per heavy atom. The van der Waals surface area contributed by atoms with E-state index in [2.05, 4.69) is 10.6 Å². The first-order valence-corrected chi connectivity index (χ1v) is 13.9. The summed E-state index contributed by atoms with van der Waals surface area (Å²) in [7, 11) is 0. The maximum atomic E-state index is 13.5. The SMILES string of the molecule is Cc1cc(NC(=O)c2ccc([N+](=O)[O-])cc2C(F)(F)F)ccc1Sc1ccc(NC(=O)c2ccc([N+](=O)[O-])cc2C(F)(F)F)cc1C. The van der Waals surface area contributed by atoms with Gasteiger partial charge in [-0.05, 0) is 73.5 Å². The van der Waals surface area contributed by atoms with Crippen molar-refractivity contribution in [1.82, 2.24) is 0 Å². The molecule has 0 saturated heterocycles. The molecule has 0 aliphatic carbocycles. The highest BCUT2D eigenvalue weighted by atomic mass is 32.2. The van der Waals surface area contributed by atoms with Gasteiger partial charge in [0.15, 0.2) is 0 Å². The van der Waals surface area contributed by atoms with Crippen LogP contribution in [0.5, 0.6) is 0 Å². The van der Waals surface area contributed by atoms with Crippen LogP contribution in [-0.2, 0) is 12.4 Å². The van der Waals surface area contributed by atoms with E-state index in [1.807, 2.05) is 0 Å². The van der Waals surface area contributed by atoms with Crippen molar-refractivity contribution in [3.63, 3.8) is 0 Å². The molecule has 244 valence electrons. The number of amides is 2. The molecule has 0 fully saturated rings. The number of anilines is 2. The monoisotopic (exact) mass is 678 g/mol. The van der Waals surface area contributed by atoms with Gasteiger partial charge in [-0.2, -0.15) is 26.3 Å². The number of nitrogens with one attached hydrogen (secondary N) is 2. The number of halogens is 6. The Kier molecular flexibility index (Phi) is 9.60. The molecule has 17 heteroatoms. The number of nitro benzene ring substituents is 2. The molecule has 0 aromatic heterocycles. The van der Waals surface area contributed by atoms with Crippen molar-refractivity contribution in [2.24, 2.45) is 0 Å². The minimum atomic E-state index is -5.03. The number of rotatable bonds is 8. The van der Waals surface area contributed by atoms with Gasteiger partial charge in [-0.15, -0.1) is 0 Å². The van der Waals surface area contributed by atoms with Gasteiger partial charge in [-0.25, -0.2) is 0 Å². The Hall–Kier alpha value is -5.45. The van der Waals surface area contributed by atoms with E-state index in [-0.39, 0.29) is 23.5 Å². The van der Waals surface area contributed by atoms with Crippen molar-refractivity contribution >= 4 is 46.3 Å². The molecule has 0 bridgehead atoms. The van der Waals surface area contributed by atoms with Crippen molar-refractivity contribution in [3.8, 4) is 0 Å². The molecule has 4 aromatic rings. The van der Waals surface area contributed by atoms with Crippen LogP contribution in [0.25, 0.3) is 0 Å². The molecule has 0 atom stereocenters. The van der Waals surface area contributed by atoms with Gasteiger partial charge in [0.2, 0.25) is 0 Å². The molecule has 2 N–H and O–H groups in total. The summed E-state index contributed by atoms with van der Waals surface area (Å²) in [5.41, 5.74) is -4.63. The summed E-state index contributed by atoms with van der Waals surface area (Å²) in [6.07, 6.45) is -10.1. The molecule has 47 heavy (non-hydrogen) atoms. The number of carbonyl (C=O) groups is 2. The number of non-ortho nitro benzene ring substituents is 2. The summed E-state index contributed by atoms with van der Waals surface area (Å²) < 4.78 is 81.1. The second-order valence-electron chi connectivity index (χ2n) is 9.94. The smallest absolute Gasteiger partial charge is 0.322 e. The van der Waals surface area contributed by atoms with Crippen molar-refractivity contribution in [1.29, 1.82) is 0 Å². The summed E-state index contributed by atoms with van der Waals surface area (Å²) >= 11 is 1.26.